The average Bonchev–Trinajstić information content (AvgIpc) is 2.53. The second-order valence-electron chi connectivity index (χ2n) is 6.30. The van der Waals surface area contributed by atoms with Gasteiger partial charge < -0.3 is 15.7 Å². The number of nitrogens with zero attached hydrogens (tertiary/aromatic N) is 2. The molecule has 2 heterocycles. The van der Waals surface area contributed by atoms with E-state index in [0.29, 0.717) is 31.7 Å². The second-order valence-corrected chi connectivity index (χ2v) is 6.30. The molecule has 5 heteroatoms. The standard InChI is InChI=1S/C16H23N3O2/c17-9-12-4-5-14(18-10-12)15(20)19-8-7-16(21)6-2-1-3-13(16)11-19/h4-5,10,13,21H,1-3,6-9,11,17H2. The van der Waals surface area contributed by atoms with Crippen LogP contribution in [0.3, 0.4) is 0 Å². The molecule has 5 nitrogen and oxygen atoms in total. The van der Waals surface area contributed by atoms with Crippen LogP contribution in [0, 0.1) is 5.92 Å². The van der Waals surface area contributed by atoms with Crippen LogP contribution < -0.4 is 5.73 Å². The predicted octanol–water partition coefficient (Wildman–Crippen LogP) is 1.31. The molecule has 114 valence electrons. The van der Waals surface area contributed by atoms with E-state index in [-0.39, 0.29) is 11.8 Å². The Bertz CT molecular complexity index is 517. The number of rotatable bonds is 2. The van der Waals surface area contributed by atoms with Gasteiger partial charge in [-0.3, -0.25) is 9.78 Å². The van der Waals surface area contributed by atoms with Gasteiger partial charge in [0.1, 0.15) is 5.69 Å². The molecule has 2 atom stereocenters. The minimum atomic E-state index is -0.550. The highest BCUT2D eigenvalue weighted by molar-refractivity contribution is 5.92. The molecule has 1 aliphatic heterocycles. The van der Waals surface area contributed by atoms with E-state index < -0.39 is 5.60 Å². The summed E-state index contributed by atoms with van der Waals surface area (Å²) in [7, 11) is 0. The fourth-order valence-corrected chi connectivity index (χ4v) is 3.59. The Morgan fingerprint density at radius 3 is 3.00 bits per heavy atom. The fraction of sp³-hybridized carbons (Fsp3) is 0.625. The SMILES string of the molecule is NCc1ccc(C(=O)N2CCC3(O)CCCCC3C2)nc1. The Kier molecular flexibility index (Phi) is 3.95. The Hall–Kier alpha value is -1.46. The summed E-state index contributed by atoms with van der Waals surface area (Å²) >= 11 is 0. The van der Waals surface area contributed by atoms with E-state index in [0.717, 1.165) is 31.2 Å². The Morgan fingerprint density at radius 1 is 1.43 bits per heavy atom. The monoisotopic (exact) mass is 289 g/mol. The molecule has 3 rings (SSSR count). The molecule has 0 bridgehead atoms. The minimum Gasteiger partial charge on any atom is -0.389 e. The van der Waals surface area contributed by atoms with Gasteiger partial charge in [-0.1, -0.05) is 18.9 Å². The number of aliphatic hydroxyl groups is 1. The fourth-order valence-electron chi connectivity index (χ4n) is 3.59. The van der Waals surface area contributed by atoms with Crippen molar-refractivity contribution in [2.75, 3.05) is 13.1 Å². The summed E-state index contributed by atoms with van der Waals surface area (Å²) in [5, 5.41) is 10.7. The number of hydrogen-bond acceptors (Lipinski definition) is 4. The first-order valence-electron chi connectivity index (χ1n) is 7.79. The number of fused-ring (bicyclic) bond motifs is 1. The van der Waals surface area contributed by atoms with Gasteiger partial charge in [-0.2, -0.15) is 0 Å². The largest absolute Gasteiger partial charge is 0.389 e. The third kappa shape index (κ3) is 2.80. The summed E-state index contributed by atoms with van der Waals surface area (Å²) in [6.45, 7) is 1.70. The lowest BCUT2D eigenvalue weighted by Crippen LogP contribution is -2.54. The number of hydrogen-bond donors (Lipinski definition) is 2. The van der Waals surface area contributed by atoms with Crippen LogP contribution in [-0.2, 0) is 6.54 Å². The van der Waals surface area contributed by atoms with Crippen molar-refractivity contribution in [2.24, 2.45) is 11.7 Å². The highest BCUT2D eigenvalue weighted by Crippen LogP contribution is 2.39. The number of carbonyl (C=O) groups is 1. The van der Waals surface area contributed by atoms with Crippen LogP contribution >= 0.6 is 0 Å². The topological polar surface area (TPSA) is 79.5 Å². The summed E-state index contributed by atoms with van der Waals surface area (Å²) < 4.78 is 0. The summed E-state index contributed by atoms with van der Waals surface area (Å²) in [6.07, 6.45) is 6.49. The Labute approximate surface area is 125 Å². The number of piperidine rings is 1. The van der Waals surface area contributed by atoms with Crippen molar-refractivity contribution in [3.63, 3.8) is 0 Å². The van der Waals surface area contributed by atoms with Crippen LogP contribution in [0.1, 0.15) is 48.2 Å². The van der Waals surface area contributed by atoms with Crippen molar-refractivity contribution < 1.29 is 9.90 Å². The van der Waals surface area contributed by atoms with Crippen molar-refractivity contribution in [1.29, 1.82) is 0 Å². The van der Waals surface area contributed by atoms with Crippen LogP contribution in [0.5, 0.6) is 0 Å². The van der Waals surface area contributed by atoms with Gasteiger partial charge in [0.25, 0.3) is 5.91 Å². The number of pyridine rings is 1. The third-order valence-corrected chi connectivity index (χ3v) is 4.99. The number of amides is 1. The first-order chi connectivity index (χ1) is 10.1. The minimum absolute atomic E-state index is 0.0359. The van der Waals surface area contributed by atoms with Crippen molar-refractivity contribution >= 4 is 5.91 Å². The molecular formula is C16H23N3O2. The molecule has 3 N–H and O–H groups in total. The zero-order chi connectivity index (χ0) is 14.9. The smallest absolute Gasteiger partial charge is 0.272 e. The van der Waals surface area contributed by atoms with E-state index in [1.807, 2.05) is 11.0 Å². The van der Waals surface area contributed by atoms with Gasteiger partial charge in [-0.05, 0) is 30.9 Å². The number of aromatic nitrogens is 1. The predicted molar refractivity (Wildman–Crippen MR) is 79.6 cm³/mol. The Morgan fingerprint density at radius 2 is 2.29 bits per heavy atom. The van der Waals surface area contributed by atoms with Gasteiger partial charge in [0.15, 0.2) is 0 Å². The normalized spacial score (nSPS) is 29.0. The van der Waals surface area contributed by atoms with Crippen LogP contribution in [0.2, 0.25) is 0 Å². The van der Waals surface area contributed by atoms with E-state index in [9.17, 15) is 9.90 Å². The van der Waals surface area contributed by atoms with E-state index in [4.69, 9.17) is 5.73 Å². The summed E-state index contributed by atoms with van der Waals surface area (Å²) in [5.41, 5.74) is 6.38. The maximum atomic E-state index is 12.5. The van der Waals surface area contributed by atoms with E-state index in [2.05, 4.69) is 4.98 Å². The summed E-state index contributed by atoms with van der Waals surface area (Å²) in [4.78, 5) is 18.6. The van der Waals surface area contributed by atoms with Gasteiger partial charge in [-0.25, -0.2) is 0 Å². The number of likely N-dealkylation sites (tertiary alicyclic amines) is 1. The van der Waals surface area contributed by atoms with Crippen LogP contribution in [-0.4, -0.2) is 39.6 Å². The maximum Gasteiger partial charge on any atom is 0.272 e. The van der Waals surface area contributed by atoms with Gasteiger partial charge in [0.2, 0.25) is 0 Å². The zero-order valence-corrected chi connectivity index (χ0v) is 12.3. The number of carbonyl (C=O) groups excluding carboxylic acids is 1. The van der Waals surface area contributed by atoms with Gasteiger partial charge >= 0.3 is 0 Å². The first kappa shape index (κ1) is 14.5. The molecule has 2 aliphatic rings. The molecule has 0 radical (unpaired) electrons. The lowest BCUT2D eigenvalue weighted by Gasteiger charge is -2.47. The van der Waals surface area contributed by atoms with Gasteiger partial charge in [-0.15, -0.1) is 0 Å². The van der Waals surface area contributed by atoms with Gasteiger partial charge in [0.05, 0.1) is 5.60 Å². The third-order valence-electron chi connectivity index (χ3n) is 4.99. The second kappa shape index (κ2) is 5.73. The molecule has 1 aromatic heterocycles. The van der Waals surface area contributed by atoms with Gasteiger partial charge in [0, 0.05) is 31.7 Å². The molecule has 1 saturated carbocycles. The molecular weight excluding hydrogens is 266 g/mol. The number of nitrogens with two attached hydrogens (primary N) is 1. The molecule has 0 spiro atoms. The summed E-state index contributed by atoms with van der Waals surface area (Å²) in [6, 6.07) is 3.59. The molecule has 1 saturated heterocycles. The van der Waals surface area contributed by atoms with Crippen molar-refractivity contribution in [1.82, 2.24) is 9.88 Å². The molecule has 2 fully saturated rings. The molecule has 0 aromatic carbocycles. The van der Waals surface area contributed by atoms with Crippen LogP contribution in [0.15, 0.2) is 18.3 Å². The van der Waals surface area contributed by atoms with Crippen molar-refractivity contribution in [2.45, 2.75) is 44.2 Å². The Balaban J connectivity index is 1.70. The average molecular weight is 289 g/mol. The van der Waals surface area contributed by atoms with E-state index in [1.165, 1.54) is 0 Å². The maximum absolute atomic E-state index is 12.5. The molecule has 1 amide bonds. The lowest BCUT2D eigenvalue weighted by molar-refractivity contribution is -0.0886. The lowest BCUT2D eigenvalue weighted by atomic mass is 9.71. The van der Waals surface area contributed by atoms with Crippen molar-refractivity contribution in [3.8, 4) is 0 Å². The quantitative estimate of drug-likeness (QED) is 0.860. The molecule has 1 aromatic rings. The van der Waals surface area contributed by atoms with Crippen LogP contribution in [0.4, 0.5) is 0 Å². The highest BCUT2D eigenvalue weighted by Gasteiger charge is 2.43. The zero-order valence-electron chi connectivity index (χ0n) is 12.3. The van der Waals surface area contributed by atoms with E-state index >= 15 is 0 Å². The molecule has 21 heavy (non-hydrogen) atoms. The molecule has 2 unspecified atom stereocenters. The summed E-state index contributed by atoms with van der Waals surface area (Å²) in [5.74, 6) is 0.179. The van der Waals surface area contributed by atoms with Crippen molar-refractivity contribution in [3.05, 3.63) is 29.6 Å². The highest BCUT2D eigenvalue weighted by atomic mass is 16.3. The molecule has 1 aliphatic carbocycles. The van der Waals surface area contributed by atoms with E-state index in [1.54, 1.807) is 12.3 Å². The van der Waals surface area contributed by atoms with Crippen LogP contribution in [0.25, 0.3) is 0 Å². The first-order valence-corrected chi connectivity index (χ1v) is 7.79.